The van der Waals surface area contributed by atoms with E-state index in [0.29, 0.717) is 0 Å². The van der Waals surface area contributed by atoms with Gasteiger partial charge in [-0.15, -0.1) is 0 Å². The molecule has 2 aliphatic rings. The fourth-order valence-corrected chi connectivity index (χ4v) is 4.95. The van der Waals surface area contributed by atoms with Crippen LogP contribution in [-0.2, 0) is 6.42 Å². The number of rotatable bonds is 2. The largest absolute Gasteiger partial charge is 0.292 e. The van der Waals surface area contributed by atoms with Gasteiger partial charge in [0.1, 0.15) is 5.82 Å². The Morgan fingerprint density at radius 1 is 0.897 bits per heavy atom. The Kier molecular flexibility index (Phi) is 3.60. The lowest BCUT2D eigenvalue weighted by Crippen LogP contribution is -2.02. The third-order valence-electron chi connectivity index (χ3n) is 6.28. The molecular weight excluding hydrogens is 352 g/mol. The van der Waals surface area contributed by atoms with Crippen molar-refractivity contribution >= 4 is 16.6 Å². The van der Waals surface area contributed by atoms with Crippen LogP contribution in [0.25, 0.3) is 33.7 Å². The van der Waals surface area contributed by atoms with Gasteiger partial charge >= 0.3 is 0 Å². The van der Waals surface area contributed by atoms with Crippen molar-refractivity contribution in [2.45, 2.75) is 26.2 Å². The summed E-state index contributed by atoms with van der Waals surface area (Å²) in [7, 11) is 0. The Hall–Kier alpha value is -3.39. The van der Waals surface area contributed by atoms with Gasteiger partial charge in [-0.1, -0.05) is 54.6 Å². The summed E-state index contributed by atoms with van der Waals surface area (Å²) in [4.78, 5) is 5.14. The van der Waals surface area contributed by atoms with Crippen LogP contribution in [-0.4, -0.2) is 9.55 Å². The summed E-state index contributed by atoms with van der Waals surface area (Å²) in [5.74, 6) is 1.05. The van der Waals surface area contributed by atoms with Crippen LogP contribution >= 0.6 is 0 Å². The van der Waals surface area contributed by atoms with E-state index in [1.54, 1.807) is 0 Å². The summed E-state index contributed by atoms with van der Waals surface area (Å²) in [6, 6.07) is 23.7. The first-order chi connectivity index (χ1) is 14.3. The topological polar surface area (TPSA) is 17.8 Å². The lowest BCUT2D eigenvalue weighted by molar-refractivity contribution is 1.04. The summed E-state index contributed by atoms with van der Waals surface area (Å²) < 4.78 is 2.32. The molecule has 3 aromatic carbocycles. The molecule has 0 fully saturated rings. The molecule has 4 aromatic rings. The molecule has 0 saturated heterocycles. The Morgan fingerprint density at radius 2 is 1.72 bits per heavy atom. The van der Waals surface area contributed by atoms with E-state index in [1.807, 2.05) is 0 Å². The second-order valence-electron chi connectivity index (χ2n) is 8.00. The van der Waals surface area contributed by atoms with Gasteiger partial charge in [0.2, 0.25) is 0 Å². The molecule has 0 amide bonds. The maximum absolute atomic E-state index is 5.14. The summed E-state index contributed by atoms with van der Waals surface area (Å²) in [5, 5.41) is 0. The van der Waals surface area contributed by atoms with Gasteiger partial charge in [-0.05, 0) is 78.3 Å². The van der Waals surface area contributed by atoms with Crippen LogP contribution < -0.4 is 0 Å². The first-order valence-corrected chi connectivity index (χ1v) is 10.4. The van der Waals surface area contributed by atoms with Gasteiger partial charge in [-0.2, -0.15) is 0 Å². The molecule has 140 valence electrons. The molecule has 0 bridgehead atoms. The zero-order valence-electron chi connectivity index (χ0n) is 16.5. The molecule has 2 nitrogen and oxygen atoms in total. The molecule has 0 spiro atoms. The summed E-state index contributed by atoms with van der Waals surface area (Å²) >= 11 is 0. The van der Waals surface area contributed by atoms with Gasteiger partial charge in [0.25, 0.3) is 0 Å². The van der Waals surface area contributed by atoms with Gasteiger partial charge in [-0.25, -0.2) is 4.98 Å². The fourth-order valence-electron chi connectivity index (χ4n) is 4.95. The molecule has 0 N–H and O–H groups in total. The molecule has 0 unspecified atom stereocenters. The van der Waals surface area contributed by atoms with Crippen LogP contribution in [0.4, 0.5) is 0 Å². The van der Waals surface area contributed by atoms with Crippen molar-refractivity contribution in [3.05, 3.63) is 101 Å². The van der Waals surface area contributed by atoms with E-state index < -0.39 is 0 Å². The fraction of sp³-hybridized carbons (Fsp3) is 0.148. The molecule has 0 saturated carbocycles. The number of aryl methyl sites for hydroxylation is 1. The van der Waals surface area contributed by atoms with E-state index in [1.165, 1.54) is 33.4 Å². The number of aromatic nitrogens is 2. The molecular formula is C27H22N2. The molecule has 2 aliphatic carbocycles. The molecule has 0 atom stereocenters. The Labute approximate surface area is 170 Å². The zero-order valence-corrected chi connectivity index (χ0v) is 16.5. The molecule has 1 heterocycles. The first-order valence-electron chi connectivity index (χ1n) is 10.4. The number of fused-ring (bicyclic) bond motifs is 3. The number of benzene rings is 3. The van der Waals surface area contributed by atoms with Gasteiger partial charge in [0.15, 0.2) is 0 Å². The highest BCUT2D eigenvalue weighted by molar-refractivity contribution is 5.89. The van der Waals surface area contributed by atoms with E-state index in [-0.39, 0.29) is 0 Å². The summed E-state index contributed by atoms with van der Waals surface area (Å²) in [5.41, 5.74) is 11.8. The van der Waals surface area contributed by atoms with Crippen LogP contribution in [0.2, 0.25) is 0 Å². The van der Waals surface area contributed by atoms with Crippen LogP contribution in [0.1, 0.15) is 29.5 Å². The number of hydrogen-bond donors (Lipinski definition) is 0. The van der Waals surface area contributed by atoms with E-state index >= 15 is 0 Å². The van der Waals surface area contributed by atoms with Crippen molar-refractivity contribution in [2.75, 3.05) is 0 Å². The third-order valence-corrected chi connectivity index (χ3v) is 6.28. The van der Waals surface area contributed by atoms with Crippen LogP contribution in [0, 0.1) is 6.92 Å². The van der Waals surface area contributed by atoms with Crippen molar-refractivity contribution in [2.24, 2.45) is 0 Å². The minimum Gasteiger partial charge on any atom is -0.292 e. The molecule has 0 aliphatic heterocycles. The predicted octanol–water partition coefficient (Wildman–Crippen LogP) is 6.66. The zero-order chi connectivity index (χ0) is 19.4. The smallest absolute Gasteiger partial charge is 0.146 e. The van der Waals surface area contributed by atoms with Crippen molar-refractivity contribution in [3.8, 4) is 17.1 Å². The minimum atomic E-state index is 1.01. The average Bonchev–Trinajstić information content (AvgIpc) is 3.32. The van der Waals surface area contributed by atoms with Crippen molar-refractivity contribution in [1.29, 1.82) is 0 Å². The van der Waals surface area contributed by atoms with E-state index in [4.69, 9.17) is 4.98 Å². The number of imidazole rings is 1. The minimum absolute atomic E-state index is 1.01. The Bertz CT molecular complexity index is 1320. The van der Waals surface area contributed by atoms with Gasteiger partial charge in [0, 0.05) is 11.3 Å². The highest BCUT2D eigenvalue weighted by atomic mass is 15.1. The summed E-state index contributed by atoms with van der Waals surface area (Å²) in [6.07, 6.45) is 7.95. The van der Waals surface area contributed by atoms with Gasteiger partial charge in [0.05, 0.1) is 11.0 Å². The lowest BCUT2D eigenvalue weighted by Gasteiger charge is -2.16. The predicted molar refractivity (Wildman–Crippen MR) is 120 cm³/mol. The third kappa shape index (κ3) is 2.45. The number of hydrogen-bond acceptors (Lipinski definition) is 1. The van der Waals surface area contributed by atoms with Crippen molar-refractivity contribution < 1.29 is 0 Å². The quantitative estimate of drug-likeness (QED) is 0.383. The first kappa shape index (κ1) is 16.6. The van der Waals surface area contributed by atoms with Gasteiger partial charge < -0.3 is 0 Å². The maximum atomic E-state index is 5.14. The Balaban J connectivity index is 1.66. The standard InChI is InChI=1S/C27H22N2/c1-18-15-16-22-21-12-6-5-9-19(21)17-23(22)26(18)27-28-24-13-7-8-14-25(24)29(27)20-10-3-2-4-11-20/h2-5,7-11,13-16H,6,12,17H2,1H3. The van der Waals surface area contributed by atoms with E-state index in [2.05, 4.69) is 90.4 Å². The van der Waals surface area contributed by atoms with Crippen LogP contribution in [0.3, 0.4) is 0 Å². The summed E-state index contributed by atoms with van der Waals surface area (Å²) in [6.45, 7) is 2.22. The molecule has 2 heteroatoms. The second kappa shape index (κ2) is 6.31. The average molecular weight is 374 g/mol. The number of para-hydroxylation sites is 3. The SMILES string of the molecule is Cc1ccc2c(c1-c1nc3ccccc3n1-c1ccccc1)CC1=C2CCC=C1. The molecule has 29 heavy (non-hydrogen) atoms. The Morgan fingerprint density at radius 3 is 2.62 bits per heavy atom. The van der Waals surface area contributed by atoms with Crippen LogP contribution in [0.5, 0.6) is 0 Å². The van der Waals surface area contributed by atoms with Crippen molar-refractivity contribution in [1.82, 2.24) is 9.55 Å². The number of allylic oxidation sites excluding steroid dienone is 4. The van der Waals surface area contributed by atoms with Gasteiger partial charge in [-0.3, -0.25) is 4.57 Å². The monoisotopic (exact) mass is 374 g/mol. The van der Waals surface area contributed by atoms with Crippen LogP contribution in [0.15, 0.2) is 84.5 Å². The van der Waals surface area contributed by atoms with E-state index in [0.717, 1.165) is 41.8 Å². The maximum Gasteiger partial charge on any atom is 0.146 e. The second-order valence-corrected chi connectivity index (χ2v) is 8.00. The highest BCUT2D eigenvalue weighted by Crippen LogP contribution is 2.44. The lowest BCUT2D eigenvalue weighted by atomic mass is 9.93. The normalized spacial score (nSPS) is 15.1. The number of nitrogens with zero attached hydrogens (tertiary/aromatic N) is 2. The highest BCUT2D eigenvalue weighted by Gasteiger charge is 2.27. The van der Waals surface area contributed by atoms with Crippen molar-refractivity contribution in [3.63, 3.8) is 0 Å². The molecule has 6 rings (SSSR count). The molecule has 0 radical (unpaired) electrons. The molecule has 1 aromatic heterocycles. The van der Waals surface area contributed by atoms with E-state index in [9.17, 15) is 0 Å².